The average molecular weight is 437 g/mol. The van der Waals surface area contributed by atoms with Crippen LogP contribution in [-0.2, 0) is 13.1 Å². The van der Waals surface area contributed by atoms with E-state index in [-0.39, 0.29) is 24.0 Å². The van der Waals surface area contributed by atoms with Gasteiger partial charge in [-0.2, -0.15) is 0 Å². The monoisotopic (exact) mass is 436 g/mol. The third-order valence-corrected chi connectivity index (χ3v) is 5.54. The van der Waals surface area contributed by atoms with Crippen molar-refractivity contribution in [3.8, 4) is 5.75 Å². The molecule has 8 heteroatoms. The fraction of sp³-hybridized carbons (Fsp3) is 0.217. The molecule has 0 radical (unpaired) electrons. The Hall–Kier alpha value is -3.39. The highest BCUT2D eigenvalue weighted by Gasteiger charge is 2.15. The predicted octanol–water partition coefficient (Wildman–Crippen LogP) is 3.69. The predicted molar refractivity (Wildman–Crippen MR) is 121 cm³/mol. The number of amides is 1. The number of ether oxygens (including phenoxy) is 1. The van der Waals surface area contributed by atoms with Crippen LogP contribution in [0.2, 0.25) is 0 Å². The lowest BCUT2D eigenvalue weighted by Crippen LogP contribution is -2.24. The maximum absolute atomic E-state index is 12.5. The third kappa shape index (κ3) is 5.82. The Morgan fingerprint density at radius 3 is 2.42 bits per heavy atom. The van der Waals surface area contributed by atoms with Crippen molar-refractivity contribution in [1.82, 2.24) is 20.1 Å². The molecule has 1 N–H and O–H groups in total. The molecule has 31 heavy (non-hydrogen) atoms. The van der Waals surface area contributed by atoms with Gasteiger partial charge >= 0.3 is 0 Å². The number of aromatic nitrogens is 3. The zero-order chi connectivity index (χ0) is 22.2. The molecular formula is C23H24N4O3S. The molecule has 0 aliphatic carbocycles. The molecule has 0 bridgehead atoms. The van der Waals surface area contributed by atoms with E-state index < -0.39 is 0 Å². The SMILES string of the molecule is C=CCn1c(CNC(=O)c2ccc(C)cc2)nnc1SCC(=O)c1ccc(OC)cc1. The summed E-state index contributed by atoms with van der Waals surface area (Å²) < 4.78 is 6.96. The number of thioether (sulfide) groups is 1. The first-order chi connectivity index (χ1) is 15.0. The van der Waals surface area contributed by atoms with Crippen LogP contribution in [-0.4, -0.2) is 39.3 Å². The van der Waals surface area contributed by atoms with Gasteiger partial charge in [-0.1, -0.05) is 35.5 Å². The van der Waals surface area contributed by atoms with Crippen LogP contribution >= 0.6 is 11.8 Å². The molecule has 0 aliphatic heterocycles. The van der Waals surface area contributed by atoms with Crippen LogP contribution in [0.5, 0.6) is 5.75 Å². The molecule has 1 amide bonds. The Bertz CT molecular complexity index is 1060. The number of benzene rings is 2. The quantitative estimate of drug-likeness (QED) is 0.296. The molecule has 2 aromatic carbocycles. The van der Waals surface area contributed by atoms with E-state index in [4.69, 9.17) is 4.74 Å². The topological polar surface area (TPSA) is 86.1 Å². The van der Waals surface area contributed by atoms with E-state index in [1.54, 1.807) is 49.6 Å². The minimum atomic E-state index is -0.183. The molecule has 0 saturated heterocycles. The zero-order valence-electron chi connectivity index (χ0n) is 17.5. The summed E-state index contributed by atoms with van der Waals surface area (Å²) in [4.78, 5) is 24.9. The first-order valence-corrected chi connectivity index (χ1v) is 10.7. The fourth-order valence-electron chi connectivity index (χ4n) is 2.83. The minimum Gasteiger partial charge on any atom is -0.497 e. The van der Waals surface area contributed by atoms with Crippen molar-refractivity contribution in [2.75, 3.05) is 12.9 Å². The number of methoxy groups -OCH3 is 1. The lowest BCUT2D eigenvalue weighted by molar-refractivity contribution is 0.0948. The summed E-state index contributed by atoms with van der Waals surface area (Å²) in [5, 5.41) is 11.8. The molecule has 0 saturated carbocycles. The van der Waals surface area contributed by atoms with Crippen molar-refractivity contribution < 1.29 is 14.3 Å². The molecule has 0 atom stereocenters. The van der Waals surface area contributed by atoms with Crippen LogP contribution < -0.4 is 10.1 Å². The summed E-state index contributed by atoms with van der Waals surface area (Å²) >= 11 is 1.30. The molecule has 3 rings (SSSR count). The number of carbonyl (C=O) groups excluding carboxylic acids is 2. The normalized spacial score (nSPS) is 10.5. The maximum atomic E-state index is 12.5. The van der Waals surface area contributed by atoms with Crippen LogP contribution in [0.3, 0.4) is 0 Å². The van der Waals surface area contributed by atoms with E-state index in [0.717, 1.165) is 5.56 Å². The van der Waals surface area contributed by atoms with E-state index in [9.17, 15) is 9.59 Å². The van der Waals surface area contributed by atoms with Gasteiger partial charge in [0.2, 0.25) is 0 Å². The van der Waals surface area contributed by atoms with Crippen LogP contribution in [0, 0.1) is 6.92 Å². The summed E-state index contributed by atoms with van der Waals surface area (Å²) in [6, 6.07) is 14.3. The smallest absolute Gasteiger partial charge is 0.251 e. The summed E-state index contributed by atoms with van der Waals surface area (Å²) in [6.45, 7) is 6.44. The number of rotatable bonds is 10. The van der Waals surface area contributed by atoms with Crippen molar-refractivity contribution in [2.24, 2.45) is 0 Å². The third-order valence-electron chi connectivity index (χ3n) is 4.57. The van der Waals surface area contributed by atoms with E-state index in [2.05, 4.69) is 22.1 Å². The summed E-state index contributed by atoms with van der Waals surface area (Å²) in [7, 11) is 1.58. The summed E-state index contributed by atoms with van der Waals surface area (Å²) in [5.41, 5.74) is 2.28. The number of ketones is 1. The van der Waals surface area contributed by atoms with Crippen molar-refractivity contribution in [3.05, 3.63) is 83.7 Å². The van der Waals surface area contributed by atoms with Gasteiger partial charge in [-0.25, -0.2) is 0 Å². The van der Waals surface area contributed by atoms with E-state index in [1.165, 1.54) is 11.8 Å². The lowest BCUT2D eigenvalue weighted by Gasteiger charge is -2.09. The highest BCUT2D eigenvalue weighted by Crippen LogP contribution is 2.20. The number of Topliss-reactive ketones (excluding diaryl/α,β-unsaturated/α-hetero) is 1. The highest BCUT2D eigenvalue weighted by molar-refractivity contribution is 7.99. The second-order valence-corrected chi connectivity index (χ2v) is 7.73. The first-order valence-electron chi connectivity index (χ1n) is 9.69. The maximum Gasteiger partial charge on any atom is 0.251 e. The number of nitrogens with zero attached hydrogens (tertiary/aromatic N) is 3. The van der Waals surface area contributed by atoms with Gasteiger partial charge in [0.1, 0.15) is 5.75 Å². The molecule has 0 aliphatic rings. The number of carbonyl (C=O) groups is 2. The second-order valence-electron chi connectivity index (χ2n) is 6.79. The van der Waals surface area contributed by atoms with Gasteiger partial charge in [0.05, 0.1) is 19.4 Å². The van der Waals surface area contributed by atoms with Crippen molar-refractivity contribution >= 4 is 23.5 Å². The highest BCUT2D eigenvalue weighted by atomic mass is 32.2. The Kier molecular flexibility index (Phi) is 7.61. The minimum absolute atomic E-state index is 0.0185. The van der Waals surface area contributed by atoms with Crippen LogP contribution in [0.25, 0.3) is 0 Å². The molecule has 7 nitrogen and oxygen atoms in total. The van der Waals surface area contributed by atoms with Gasteiger partial charge in [-0.15, -0.1) is 16.8 Å². The van der Waals surface area contributed by atoms with Crippen LogP contribution in [0.15, 0.2) is 66.3 Å². The first kappa shape index (κ1) is 22.3. The molecule has 0 fully saturated rings. The molecule has 3 aromatic rings. The number of hydrogen-bond acceptors (Lipinski definition) is 6. The fourth-order valence-corrected chi connectivity index (χ4v) is 3.69. The van der Waals surface area contributed by atoms with Gasteiger partial charge in [0.15, 0.2) is 16.8 Å². The Labute approximate surface area is 185 Å². The van der Waals surface area contributed by atoms with E-state index in [0.29, 0.717) is 34.4 Å². The van der Waals surface area contributed by atoms with Crippen LogP contribution in [0.4, 0.5) is 0 Å². The molecule has 1 aromatic heterocycles. The van der Waals surface area contributed by atoms with Gasteiger partial charge in [0, 0.05) is 17.7 Å². The molecule has 0 unspecified atom stereocenters. The Morgan fingerprint density at radius 2 is 1.77 bits per heavy atom. The Balaban J connectivity index is 1.63. The second kappa shape index (κ2) is 10.6. The van der Waals surface area contributed by atoms with Crippen molar-refractivity contribution in [3.63, 3.8) is 0 Å². The van der Waals surface area contributed by atoms with Crippen molar-refractivity contribution in [2.45, 2.75) is 25.2 Å². The van der Waals surface area contributed by atoms with Gasteiger partial charge in [-0.05, 0) is 43.3 Å². The van der Waals surface area contributed by atoms with Crippen LogP contribution in [0.1, 0.15) is 32.1 Å². The summed E-state index contributed by atoms with van der Waals surface area (Å²) in [6.07, 6.45) is 1.73. The number of aryl methyl sites for hydroxylation is 1. The average Bonchev–Trinajstić information content (AvgIpc) is 3.18. The lowest BCUT2D eigenvalue weighted by atomic mass is 10.1. The van der Waals surface area contributed by atoms with Crippen molar-refractivity contribution in [1.29, 1.82) is 0 Å². The Morgan fingerprint density at radius 1 is 1.10 bits per heavy atom. The van der Waals surface area contributed by atoms with Gasteiger partial charge in [0.25, 0.3) is 5.91 Å². The molecular weight excluding hydrogens is 412 g/mol. The standard InChI is InChI=1S/C23H24N4O3S/c1-4-13-27-21(14-24-22(29)18-7-5-16(2)6-8-18)25-26-23(27)31-15-20(28)17-9-11-19(30-3)12-10-17/h4-12H,1,13-15H2,2-3H3,(H,24,29). The molecule has 1 heterocycles. The largest absolute Gasteiger partial charge is 0.497 e. The van der Waals surface area contributed by atoms with E-state index >= 15 is 0 Å². The molecule has 0 spiro atoms. The zero-order valence-corrected chi connectivity index (χ0v) is 18.3. The summed E-state index contributed by atoms with van der Waals surface area (Å²) in [5.74, 6) is 1.32. The molecule has 160 valence electrons. The number of hydrogen-bond donors (Lipinski definition) is 1. The number of allylic oxidation sites excluding steroid dienone is 1. The van der Waals surface area contributed by atoms with Gasteiger partial charge in [-0.3, -0.25) is 9.59 Å². The van der Waals surface area contributed by atoms with E-state index in [1.807, 2.05) is 23.6 Å². The van der Waals surface area contributed by atoms with Gasteiger partial charge < -0.3 is 14.6 Å². The number of nitrogens with one attached hydrogen (secondary N) is 1.